The van der Waals surface area contributed by atoms with E-state index < -0.39 is 29.4 Å². The number of aromatic amines is 1. The second-order valence-electron chi connectivity index (χ2n) is 4.45. The molecule has 0 aliphatic carbocycles. The van der Waals surface area contributed by atoms with Gasteiger partial charge in [0, 0.05) is 5.69 Å². The highest BCUT2D eigenvalue weighted by atomic mass is 16.5. The van der Waals surface area contributed by atoms with Gasteiger partial charge in [0.05, 0.1) is 19.3 Å². The molecule has 1 fully saturated rings. The molecule has 1 aromatic rings. The molecule has 19 heavy (non-hydrogen) atoms. The van der Waals surface area contributed by atoms with Crippen LogP contribution in [0.25, 0.3) is 0 Å². The van der Waals surface area contributed by atoms with Crippen LogP contribution in [-0.4, -0.2) is 41.2 Å². The molecule has 0 aromatic carbocycles. The molecule has 1 aliphatic heterocycles. The van der Waals surface area contributed by atoms with Crippen molar-refractivity contribution in [2.75, 3.05) is 13.2 Å². The van der Waals surface area contributed by atoms with Crippen molar-refractivity contribution in [3.63, 3.8) is 0 Å². The molecule has 0 radical (unpaired) electrons. The molecular formula is C12H14N2O5. The average Bonchev–Trinajstić information content (AvgIpc) is 2.76. The lowest BCUT2D eigenvalue weighted by Gasteiger charge is -2.15. The largest absolute Gasteiger partial charge is 0.481 e. The zero-order chi connectivity index (χ0) is 14.0. The van der Waals surface area contributed by atoms with Gasteiger partial charge in [0.25, 0.3) is 11.5 Å². The summed E-state index contributed by atoms with van der Waals surface area (Å²) < 4.78 is 5.04. The molecule has 2 unspecified atom stereocenters. The van der Waals surface area contributed by atoms with Gasteiger partial charge in [0.2, 0.25) is 0 Å². The van der Waals surface area contributed by atoms with Crippen molar-refractivity contribution >= 4 is 11.9 Å². The number of hydrogen-bond acceptors (Lipinski definition) is 4. The highest BCUT2D eigenvalue weighted by Crippen LogP contribution is 2.14. The summed E-state index contributed by atoms with van der Waals surface area (Å²) in [6.07, 6.45) is 0. The Hall–Kier alpha value is -2.15. The maximum Gasteiger partial charge on any atom is 0.311 e. The van der Waals surface area contributed by atoms with E-state index in [2.05, 4.69) is 10.3 Å². The molecule has 3 N–H and O–H groups in total. The minimum Gasteiger partial charge on any atom is -0.481 e. The van der Waals surface area contributed by atoms with Crippen molar-refractivity contribution in [1.29, 1.82) is 0 Å². The second-order valence-corrected chi connectivity index (χ2v) is 4.45. The Morgan fingerprint density at radius 3 is 2.79 bits per heavy atom. The van der Waals surface area contributed by atoms with Crippen LogP contribution < -0.4 is 10.9 Å². The van der Waals surface area contributed by atoms with E-state index in [-0.39, 0.29) is 18.8 Å². The number of nitrogens with one attached hydrogen (secondary N) is 2. The molecule has 0 spiro atoms. The molecule has 2 atom stereocenters. The first-order valence-electron chi connectivity index (χ1n) is 5.80. The van der Waals surface area contributed by atoms with Gasteiger partial charge in [-0.2, -0.15) is 0 Å². The number of pyridine rings is 1. The highest BCUT2D eigenvalue weighted by Gasteiger charge is 2.35. The van der Waals surface area contributed by atoms with Gasteiger partial charge in [-0.15, -0.1) is 0 Å². The monoisotopic (exact) mass is 266 g/mol. The number of H-pyrrole nitrogens is 1. The molecular weight excluding hydrogens is 252 g/mol. The third kappa shape index (κ3) is 2.82. The van der Waals surface area contributed by atoms with E-state index in [9.17, 15) is 14.4 Å². The minimum absolute atomic E-state index is 0.0401. The molecule has 7 nitrogen and oxygen atoms in total. The van der Waals surface area contributed by atoms with Crippen LogP contribution in [0.3, 0.4) is 0 Å². The Labute approximate surface area is 108 Å². The van der Waals surface area contributed by atoms with E-state index >= 15 is 0 Å². The third-order valence-electron chi connectivity index (χ3n) is 3.01. The van der Waals surface area contributed by atoms with Crippen molar-refractivity contribution in [2.45, 2.75) is 13.0 Å². The van der Waals surface area contributed by atoms with Gasteiger partial charge in [-0.3, -0.25) is 14.4 Å². The molecule has 1 aliphatic rings. The number of rotatable bonds is 3. The fraction of sp³-hybridized carbons (Fsp3) is 0.417. The smallest absolute Gasteiger partial charge is 0.311 e. The van der Waals surface area contributed by atoms with Crippen molar-refractivity contribution in [2.24, 2.45) is 5.92 Å². The fourth-order valence-corrected chi connectivity index (χ4v) is 1.94. The maximum atomic E-state index is 11.9. The van der Waals surface area contributed by atoms with Crippen LogP contribution in [0.15, 0.2) is 16.9 Å². The zero-order valence-corrected chi connectivity index (χ0v) is 10.3. The van der Waals surface area contributed by atoms with E-state index in [0.717, 1.165) is 0 Å². The standard InChI is InChI=1S/C12H14N2O5/c1-6-2-3-7(10(15)13-6)11(16)14-9-5-19-4-8(9)12(17)18/h2-3,8-9H,4-5H2,1H3,(H,13,15)(H,14,16)(H,17,18). The van der Waals surface area contributed by atoms with E-state index in [4.69, 9.17) is 9.84 Å². The van der Waals surface area contributed by atoms with Crippen LogP contribution in [0, 0.1) is 12.8 Å². The van der Waals surface area contributed by atoms with E-state index in [1.165, 1.54) is 6.07 Å². The van der Waals surface area contributed by atoms with Crippen LogP contribution in [0.1, 0.15) is 16.1 Å². The first kappa shape index (κ1) is 13.3. The van der Waals surface area contributed by atoms with Gasteiger partial charge >= 0.3 is 5.97 Å². The van der Waals surface area contributed by atoms with Crippen LogP contribution in [0.2, 0.25) is 0 Å². The Kier molecular flexibility index (Phi) is 3.66. The Morgan fingerprint density at radius 1 is 1.42 bits per heavy atom. The normalized spacial score (nSPS) is 22.2. The Bertz CT molecular complexity index is 565. The topological polar surface area (TPSA) is 108 Å². The van der Waals surface area contributed by atoms with Crippen molar-refractivity contribution in [3.8, 4) is 0 Å². The Balaban J connectivity index is 2.13. The first-order valence-corrected chi connectivity index (χ1v) is 5.80. The lowest BCUT2D eigenvalue weighted by molar-refractivity contribution is -0.142. The summed E-state index contributed by atoms with van der Waals surface area (Å²) in [4.78, 5) is 37.0. The van der Waals surface area contributed by atoms with Gasteiger partial charge in [0.15, 0.2) is 0 Å². The number of ether oxygens (including phenoxy) is 1. The number of carboxylic acid groups (broad SMARTS) is 1. The van der Waals surface area contributed by atoms with Crippen molar-refractivity contribution in [3.05, 3.63) is 33.7 Å². The summed E-state index contributed by atoms with van der Waals surface area (Å²) in [5, 5.41) is 11.5. The number of hydrogen-bond donors (Lipinski definition) is 3. The van der Waals surface area contributed by atoms with Crippen LogP contribution >= 0.6 is 0 Å². The predicted octanol–water partition coefficient (Wildman–Crippen LogP) is -0.487. The number of aromatic nitrogens is 1. The summed E-state index contributed by atoms with van der Waals surface area (Å²) in [5.41, 5.74) is 0.110. The third-order valence-corrected chi connectivity index (χ3v) is 3.01. The minimum atomic E-state index is -1.03. The fourth-order valence-electron chi connectivity index (χ4n) is 1.94. The van der Waals surface area contributed by atoms with E-state index in [1.807, 2.05) is 0 Å². The van der Waals surface area contributed by atoms with Crippen molar-refractivity contribution < 1.29 is 19.4 Å². The molecule has 7 heteroatoms. The molecule has 2 rings (SSSR count). The predicted molar refractivity (Wildman–Crippen MR) is 65.0 cm³/mol. The van der Waals surface area contributed by atoms with E-state index in [1.54, 1.807) is 13.0 Å². The van der Waals surface area contributed by atoms with Gasteiger partial charge < -0.3 is 20.1 Å². The molecule has 0 bridgehead atoms. The Morgan fingerprint density at radius 2 is 2.16 bits per heavy atom. The van der Waals surface area contributed by atoms with Gasteiger partial charge in [-0.1, -0.05) is 0 Å². The summed E-state index contributed by atoms with van der Waals surface area (Å²) in [6, 6.07) is 2.40. The molecule has 1 aromatic heterocycles. The number of aliphatic carboxylic acids is 1. The van der Waals surface area contributed by atoms with E-state index in [0.29, 0.717) is 5.69 Å². The summed E-state index contributed by atoms with van der Waals surface area (Å²) in [5.74, 6) is -2.41. The zero-order valence-electron chi connectivity index (χ0n) is 10.3. The lowest BCUT2D eigenvalue weighted by Crippen LogP contribution is -2.44. The number of carbonyl (C=O) groups is 2. The number of carbonyl (C=O) groups excluding carboxylic acids is 1. The second kappa shape index (κ2) is 5.23. The first-order chi connectivity index (χ1) is 8.99. The molecule has 102 valence electrons. The van der Waals surface area contributed by atoms with Crippen LogP contribution in [0.4, 0.5) is 0 Å². The summed E-state index contributed by atoms with van der Waals surface area (Å²) >= 11 is 0. The maximum absolute atomic E-state index is 11.9. The summed E-state index contributed by atoms with van der Waals surface area (Å²) in [7, 11) is 0. The SMILES string of the molecule is Cc1ccc(C(=O)NC2COCC2C(=O)O)c(=O)[nH]1. The number of amides is 1. The number of aryl methyl sites for hydroxylation is 1. The molecule has 1 saturated heterocycles. The van der Waals surface area contributed by atoms with Crippen LogP contribution in [-0.2, 0) is 9.53 Å². The molecule has 1 amide bonds. The van der Waals surface area contributed by atoms with Crippen molar-refractivity contribution in [1.82, 2.24) is 10.3 Å². The van der Waals surface area contributed by atoms with Gasteiger partial charge in [0.1, 0.15) is 11.5 Å². The van der Waals surface area contributed by atoms with Crippen LogP contribution in [0.5, 0.6) is 0 Å². The van der Waals surface area contributed by atoms with Gasteiger partial charge in [-0.25, -0.2) is 0 Å². The molecule has 2 heterocycles. The lowest BCUT2D eigenvalue weighted by atomic mass is 10.0. The average molecular weight is 266 g/mol. The number of carboxylic acids is 1. The quantitative estimate of drug-likeness (QED) is 0.684. The van der Waals surface area contributed by atoms with Gasteiger partial charge in [-0.05, 0) is 19.1 Å². The summed E-state index contributed by atoms with van der Waals surface area (Å²) in [6.45, 7) is 1.89. The molecule has 0 saturated carbocycles. The highest BCUT2D eigenvalue weighted by molar-refractivity contribution is 5.94.